The summed E-state index contributed by atoms with van der Waals surface area (Å²) in [5.74, 6) is -0.0891. The molecule has 1 aliphatic carbocycles. The van der Waals surface area contributed by atoms with Crippen molar-refractivity contribution in [1.82, 2.24) is 5.32 Å². The third kappa shape index (κ3) is 3.91. The zero-order chi connectivity index (χ0) is 20.8. The molecule has 0 aromatic heterocycles. The fraction of sp³-hybridized carbons (Fsp3) is 0.381. The number of carboxylic acid groups (broad SMARTS) is 1. The first kappa shape index (κ1) is 20.7. The third-order valence-corrected chi connectivity index (χ3v) is 5.46. The van der Waals surface area contributed by atoms with Gasteiger partial charge in [0.25, 0.3) is 0 Å². The van der Waals surface area contributed by atoms with E-state index in [2.05, 4.69) is 5.32 Å². The lowest BCUT2D eigenvalue weighted by molar-refractivity contribution is 0.175. The number of hydrogen-bond acceptors (Lipinski definition) is 2. The summed E-state index contributed by atoms with van der Waals surface area (Å²) in [5, 5.41) is 12.3. The topological polar surface area (TPSA) is 58.6 Å². The van der Waals surface area contributed by atoms with Crippen molar-refractivity contribution in [1.29, 1.82) is 0 Å². The van der Waals surface area contributed by atoms with E-state index in [0.717, 1.165) is 5.56 Å². The van der Waals surface area contributed by atoms with Crippen LogP contribution in [-0.4, -0.2) is 17.3 Å². The van der Waals surface area contributed by atoms with Crippen molar-refractivity contribution in [2.45, 2.75) is 46.3 Å². The van der Waals surface area contributed by atoms with E-state index in [4.69, 9.17) is 33.0 Å². The normalized spacial score (nSPS) is 17.5. The van der Waals surface area contributed by atoms with Gasteiger partial charge in [0.1, 0.15) is 5.82 Å². The Balaban J connectivity index is 2.06. The van der Waals surface area contributed by atoms with E-state index in [0.29, 0.717) is 38.9 Å². The molecule has 0 unspecified atom stereocenters. The van der Waals surface area contributed by atoms with Crippen molar-refractivity contribution in [2.75, 3.05) is 0 Å². The Labute approximate surface area is 173 Å². The number of amides is 1. The van der Waals surface area contributed by atoms with E-state index in [1.165, 1.54) is 6.07 Å². The summed E-state index contributed by atoms with van der Waals surface area (Å²) in [4.78, 5) is 11.2. The highest BCUT2D eigenvalue weighted by Crippen LogP contribution is 2.47. The van der Waals surface area contributed by atoms with Crippen LogP contribution in [0.25, 0.3) is 11.1 Å². The van der Waals surface area contributed by atoms with Gasteiger partial charge in [0.15, 0.2) is 5.75 Å². The Kier molecular flexibility index (Phi) is 5.52. The van der Waals surface area contributed by atoms with Crippen LogP contribution in [0, 0.1) is 11.2 Å². The number of rotatable bonds is 4. The van der Waals surface area contributed by atoms with Gasteiger partial charge in [-0.3, -0.25) is 0 Å². The lowest BCUT2D eigenvalue weighted by Gasteiger charge is -2.27. The van der Waals surface area contributed by atoms with E-state index in [9.17, 15) is 9.18 Å². The minimum Gasteiger partial charge on any atom is -0.488 e. The van der Waals surface area contributed by atoms with Crippen LogP contribution >= 0.6 is 23.2 Å². The molecule has 0 saturated heterocycles. The molecule has 2 aromatic carbocycles. The van der Waals surface area contributed by atoms with Crippen LogP contribution in [0.1, 0.15) is 44.9 Å². The van der Waals surface area contributed by atoms with Gasteiger partial charge >= 0.3 is 6.09 Å². The first-order valence-electron chi connectivity index (χ1n) is 8.97. The Morgan fingerprint density at radius 1 is 1.25 bits per heavy atom. The number of benzene rings is 2. The highest BCUT2D eigenvalue weighted by atomic mass is 35.5. The van der Waals surface area contributed by atoms with E-state index in [1.807, 2.05) is 27.7 Å². The molecular formula is C21H22Cl2FNO3. The molecule has 0 spiro atoms. The SMILES string of the molecule is CC(C)Oc1c(Cl)cc(-c2cc3c(cc2F)[C@H](NC(=O)O)C(C)(C)C3)cc1Cl. The fourth-order valence-corrected chi connectivity index (χ4v) is 4.33. The fourth-order valence-electron chi connectivity index (χ4n) is 3.75. The van der Waals surface area contributed by atoms with Gasteiger partial charge in [0.05, 0.1) is 22.2 Å². The average molecular weight is 426 g/mol. The van der Waals surface area contributed by atoms with Gasteiger partial charge in [0, 0.05) is 5.56 Å². The van der Waals surface area contributed by atoms with E-state index >= 15 is 0 Å². The van der Waals surface area contributed by atoms with Crippen LogP contribution in [0.5, 0.6) is 5.75 Å². The van der Waals surface area contributed by atoms with E-state index < -0.39 is 18.0 Å². The summed E-state index contributed by atoms with van der Waals surface area (Å²) in [6, 6.07) is 5.94. The number of carbonyl (C=O) groups is 1. The van der Waals surface area contributed by atoms with Gasteiger partial charge in [-0.1, -0.05) is 37.0 Å². The van der Waals surface area contributed by atoms with Crippen LogP contribution in [0.2, 0.25) is 10.0 Å². The maximum atomic E-state index is 15.0. The highest BCUT2D eigenvalue weighted by Gasteiger charge is 2.40. The molecule has 2 N–H and O–H groups in total. The first-order chi connectivity index (χ1) is 13.0. The summed E-state index contributed by atoms with van der Waals surface area (Å²) in [6.45, 7) is 7.64. The molecule has 1 aliphatic rings. The summed E-state index contributed by atoms with van der Waals surface area (Å²) in [7, 11) is 0. The van der Waals surface area contributed by atoms with Gasteiger partial charge in [-0.05, 0) is 66.6 Å². The number of nitrogens with one attached hydrogen (secondary N) is 1. The number of halogens is 3. The molecule has 3 rings (SSSR count). The smallest absolute Gasteiger partial charge is 0.405 e. The van der Waals surface area contributed by atoms with Crippen molar-refractivity contribution in [3.8, 4) is 16.9 Å². The second-order valence-corrected chi connectivity index (χ2v) is 8.83. The zero-order valence-corrected chi connectivity index (χ0v) is 17.6. The maximum Gasteiger partial charge on any atom is 0.405 e. The molecule has 0 aliphatic heterocycles. The van der Waals surface area contributed by atoms with Gasteiger partial charge in [-0.2, -0.15) is 0 Å². The first-order valence-corrected chi connectivity index (χ1v) is 9.73. The van der Waals surface area contributed by atoms with Crippen molar-refractivity contribution in [3.63, 3.8) is 0 Å². The lowest BCUT2D eigenvalue weighted by Crippen LogP contribution is -2.34. The summed E-state index contributed by atoms with van der Waals surface area (Å²) in [5.41, 5.74) is 2.10. The highest BCUT2D eigenvalue weighted by molar-refractivity contribution is 6.37. The molecule has 0 heterocycles. The molecule has 2 aromatic rings. The summed E-state index contributed by atoms with van der Waals surface area (Å²) < 4.78 is 20.6. The second-order valence-electron chi connectivity index (χ2n) is 8.01. The quantitative estimate of drug-likeness (QED) is 0.589. The predicted octanol–water partition coefficient (Wildman–Crippen LogP) is 6.48. The Morgan fingerprint density at radius 3 is 2.39 bits per heavy atom. The van der Waals surface area contributed by atoms with Crippen molar-refractivity contribution in [3.05, 3.63) is 51.3 Å². The van der Waals surface area contributed by atoms with Crippen molar-refractivity contribution >= 4 is 29.3 Å². The van der Waals surface area contributed by atoms with Gasteiger partial charge in [-0.15, -0.1) is 0 Å². The molecule has 0 saturated carbocycles. The Hall–Kier alpha value is -1.98. The molecular weight excluding hydrogens is 404 g/mol. The minimum atomic E-state index is -1.13. The van der Waals surface area contributed by atoms with Gasteiger partial charge < -0.3 is 15.2 Å². The molecule has 1 atom stereocenters. The molecule has 1 amide bonds. The van der Waals surface area contributed by atoms with Crippen LogP contribution in [0.15, 0.2) is 24.3 Å². The van der Waals surface area contributed by atoms with Crippen LogP contribution in [0.4, 0.5) is 9.18 Å². The number of ether oxygens (including phenoxy) is 1. The maximum absolute atomic E-state index is 15.0. The predicted molar refractivity (Wildman–Crippen MR) is 109 cm³/mol. The van der Waals surface area contributed by atoms with Crippen LogP contribution in [0.3, 0.4) is 0 Å². The van der Waals surface area contributed by atoms with Crippen LogP contribution in [-0.2, 0) is 6.42 Å². The van der Waals surface area contributed by atoms with Gasteiger partial charge in [0.2, 0.25) is 0 Å². The van der Waals surface area contributed by atoms with Gasteiger partial charge in [-0.25, -0.2) is 9.18 Å². The van der Waals surface area contributed by atoms with Crippen molar-refractivity contribution < 1.29 is 19.0 Å². The number of fused-ring (bicyclic) bond motifs is 1. The molecule has 4 nitrogen and oxygen atoms in total. The molecule has 0 bridgehead atoms. The standard InChI is InChI=1S/C21H22Cl2FNO3/c1-10(2)28-18-15(22)6-11(7-16(18)23)13-5-12-9-21(3,4)19(25-20(26)27)14(12)8-17(13)24/h5-8,10,19,25H,9H2,1-4H3,(H,26,27)/t19-/m0/s1. The molecule has 150 valence electrons. The lowest BCUT2D eigenvalue weighted by atomic mass is 9.85. The largest absolute Gasteiger partial charge is 0.488 e. The molecule has 28 heavy (non-hydrogen) atoms. The summed E-state index contributed by atoms with van der Waals surface area (Å²) >= 11 is 12.6. The van der Waals surface area contributed by atoms with E-state index in [-0.39, 0.29) is 11.5 Å². The molecule has 0 radical (unpaired) electrons. The Bertz CT molecular complexity index is 920. The van der Waals surface area contributed by atoms with E-state index in [1.54, 1.807) is 18.2 Å². The molecule has 7 heteroatoms. The number of hydrogen-bond donors (Lipinski definition) is 2. The second kappa shape index (κ2) is 7.45. The molecule has 0 fully saturated rings. The monoisotopic (exact) mass is 425 g/mol. The minimum absolute atomic E-state index is 0.0986. The average Bonchev–Trinajstić information content (AvgIpc) is 2.79. The summed E-state index contributed by atoms with van der Waals surface area (Å²) in [6.07, 6.45) is -0.607. The van der Waals surface area contributed by atoms with Crippen LogP contribution < -0.4 is 10.1 Å². The Morgan fingerprint density at radius 2 is 1.86 bits per heavy atom. The zero-order valence-electron chi connectivity index (χ0n) is 16.1. The third-order valence-electron chi connectivity index (χ3n) is 4.90. The van der Waals surface area contributed by atoms with Crippen molar-refractivity contribution in [2.24, 2.45) is 5.41 Å².